The molecule has 1 rings (SSSR count). The first-order valence-electron chi connectivity index (χ1n) is 4.31. The van der Waals surface area contributed by atoms with Gasteiger partial charge in [-0.25, -0.2) is 0 Å². The van der Waals surface area contributed by atoms with Crippen molar-refractivity contribution in [2.45, 2.75) is 6.92 Å². The van der Waals surface area contributed by atoms with Gasteiger partial charge < -0.3 is 15.3 Å². The lowest BCUT2D eigenvalue weighted by Crippen LogP contribution is -2.35. The quantitative estimate of drug-likeness (QED) is 0.536. The molecule has 1 aliphatic rings. The van der Waals surface area contributed by atoms with E-state index < -0.39 is 0 Å². The first kappa shape index (κ1) is 9.48. The zero-order chi connectivity index (χ0) is 8.97. The molecule has 1 fully saturated rings. The standard InChI is InChI=1S/C8H16N2O2/c1-7(12)10-3-2-9-4-8(5-10)6-11/h8-9,11H,2-6H2,1H3. The molecule has 0 aliphatic carbocycles. The molecule has 0 spiro atoms. The highest BCUT2D eigenvalue weighted by Gasteiger charge is 2.18. The van der Waals surface area contributed by atoms with Crippen molar-refractivity contribution in [1.29, 1.82) is 0 Å². The van der Waals surface area contributed by atoms with Crippen molar-refractivity contribution in [1.82, 2.24) is 10.2 Å². The van der Waals surface area contributed by atoms with Crippen LogP contribution in [0.5, 0.6) is 0 Å². The Kier molecular flexibility index (Phi) is 3.49. The predicted octanol–water partition coefficient (Wildman–Crippen LogP) is -0.953. The van der Waals surface area contributed by atoms with E-state index >= 15 is 0 Å². The van der Waals surface area contributed by atoms with Gasteiger partial charge in [0.05, 0.1) is 0 Å². The summed E-state index contributed by atoms with van der Waals surface area (Å²) < 4.78 is 0. The second kappa shape index (κ2) is 4.42. The fourth-order valence-corrected chi connectivity index (χ4v) is 1.40. The van der Waals surface area contributed by atoms with E-state index in [2.05, 4.69) is 5.32 Å². The van der Waals surface area contributed by atoms with E-state index in [1.54, 1.807) is 11.8 Å². The van der Waals surface area contributed by atoms with Crippen molar-refractivity contribution >= 4 is 5.91 Å². The fraction of sp³-hybridized carbons (Fsp3) is 0.875. The molecule has 0 bridgehead atoms. The maximum absolute atomic E-state index is 11.0. The summed E-state index contributed by atoms with van der Waals surface area (Å²) in [5, 5.41) is 12.1. The van der Waals surface area contributed by atoms with Gasteiger partial charge in [-0.3, -0.25) is 4.79 Å². The minimum Gasteiger partial charge on any atom is -0.396 e. The maximum atomic E-state index is 11.0. The Balaban J connectivity index is 2.47. The molecule has 0 aromatic carbocycles. The molecule has 1 saturated heterocycles. The van der Waals surface area contributed by atoms with Crippen LogP contribution in [0.2, 0.25) is 0 Å². The number of hydrogen-bond donors (Lipinski definition) is 2. The topological polar surface area (TPSA) is 52.6 Å². The summed E-state index contributed by atoms with van der Waals surface area (Å²) in [6, 6.07) is 0. The van der Waals surface area contributed by atoms with Gasteiger partial charge in [-0.15, -0.1) is 0 Å². The third-order valence-electron chi connectivity index (χ3n) is 2.17. The Morgan fingerprint density at radius 1 is 1.75 bits per heavy atom. The highest BCUT2D eigenvalue weighted by Crippen LogP contribution is 2.02. The molecule has 0 aromatic rings. The van der Waals surface area contributed by atoms with Gasteiger partial charge in [0.1, 0.15) is 0 Å². The SMILES string of the molecule is CC(=O)N1CCNCC(CO)C1. The Bertz CT molecular complexity index is 161. The summed E-state index contributed by atoms with van der Waals surface area (Å²) in [6.07, 6.45) is 0. The highest BCUT2D eigenvalue weighted by atomic mass is 16.3. The molecule has 70 valence electrons. The van der Waals surface area contributed by atoms with E-state index in [4.69, 9.17) is 5.11 Å². The first-order valence-corrected chi connectivity index (χ1v) is 4.31. The summed E-state index contributed by atoms with van der Waals surface area (Å²) in [6.45, 7) is 4.79. The minimum atomic E-state index is 0.0946. The molecule has 1 aliphatic heterocycles. The molecule has 1 heterocycles. The van der Waals surface area contributed by atoms with Crippen LogP contribution in [-0.2, 0) is 4.79 Å². The van der Waals surface area contributed by atoms with Gasteiger partial charge in [-0.2, -0.15) is 0 Å². The van der Waals surface area contributed by atoms with Crippen LogP contribution in [0.1, 0.15) is 6.92 Å². The van der Waals surface area contributed by atoms with Crippen molar-refractivity contribution in [2.24, 2.45) is 5.92 Å². The number of nitrogens with one attached hydrogen (secondary N) is 1. The van der Waals surface area contributed by atoms with E-state index in [1.807, 2.05) is 0 Å². The molecule has 1 atom stereocenters. The predicted molar refractivity (Wildman–Crippen MR) is 45.7 cm³/mol. The van der Waals surface area contributed by atoms with E-state index in [0.29, 0.717) is 6.54 Å². The van der Waals surface area contributed by atoms with Crippen molar-refractivity contribution in [3.8, 4) is 0 Å². The molecular formula is C8H16N2O2. The Morgan fingerprint density at radius 2 is 2.50 bits per heavy atom. The molecule has 2 N–H and O–H groups in total. The molecule has 0 saturated carbocycles. The van der Waals surface area contributed by atoms with Crippen LogP contribution in [0.4, 0.5) is 0 Å². The number of carbonyl (C=O) groups is 1. The number of rotatable bonds is 1. The fourth-order valence-electron chi connectivity index (χ4n) is 1.40. The van der Waals surface area contributed by atoms with Crippen LogP contribution >= 0.6 is 0 Å². The number of hydrogen-bond acceptors (Lipinski definition) is 3. The van der Waals surface area contributed by atoms with Crippen LogP contribution in [-0.4, -0.2) is 48.7 Å². The van der Waals surface area contributed by atoms with E-state index in [1.165, 1.54) is 0 Å². The Morgan fingerprint density at radius 3 is 3.08 bits per heavy atom. The molecule has 1 unspecified atom stereocenters. The maximum Gasteiger partial charge on any atom is 0.219 e. The number of aliphatic hydroxyl groups excluding tert-OH is 1. The lowest BCUT2D eigenvalue weighted by Gasteiger charge is -2.21. The number of carbonyl (C=O) groups excluding carboxylic acids is 1. The van der Waals surface area contributed by atoms with E-state index in [0.717, 1.165) is 19.6 Å². The van der Waals surface area contributed by atoms with Gasteiger partial charge in [0.25, 0.3) is 0 Å². The lowest BCUT2D eigenvalue weighted by atomic mass is 10.1. The minimum absolute atomic E-state index is 0.0946. The van der Waals surface area contributed by atoms with Crippen molar-refractivity contribution in [2.75, 3.05) is 32.8 Å². The number of nitrogens with zero attached hydrogens (tertiary/aromatic N) is 1. The second-order valence-electron chi connectivity index (χ2n) is 3.22. The van der Waals surface area contributed by atoms with E-state index in [9.17, 15) is 4.79 Å². The van der Waals surface area contributed by atoms with Crippen LogP contribution in [0.15, 0.2) is 0 Å². The zero-order valence-corrected chi connectivity index (χ0v) is 7.42. The molecule has 12 heavy (non-hydrogen) atoms. The van der Waals surface area contributed by atoms with E-state index in [-0.39, 0.29) is 18.4 Å². The van der Waals surface area contributed by atoms with Gasteiger partial charge in [0.15, 0.2) is 0 Å². The normalized spacial score (nSPS) is 25.2. The second-order valence-corrected chi connectivity index (χ2v) is 3.22. The lowest BCUT2D eigenvalue weighted by molar-refractivity contribution is -0.129. The summed E-state index contributed by atoms with van der Waals surface area (Å²) >= 11 is 0. The molecule has 1 amide bonds. The highest BCUT2D eigenvalue weighted by molar-refractivity contribution is 5.73. The van der Waals surface area contributed by atoms with Gasteiger partial charge >= 0.3 is 0 Å². The smallest absolute Gasteiger partial charge is 0.219 e. The monoisotopic (exact) mass is 172 g/mol. The van der Waals surface area contributed by atoms with Crippen LogP contribution < -0.4 is 5.32 Å². The molecule has 0 radical (unpaired) electrons. The molecule has 0 aromatic heterocycles. The molecule has 4 heteroatoms. The van der Waals surface area contributed by atoms with Gasteiger partial charge in [-0.1, -0.05) is 0 Å². The van der Waals surface area contributed by atoms with Crippen molar-refractivity contribution < 1.29 is 9.90 Å². The van der Waals surface area contributed by atoms with Crippen LogP contribution in [0, 0.1) is 5.92 Å². The first-order chi connectivity index (χ1) is 5.74. The van der Waals surface area contributed by atoms with Gasteiger partial charge in [0.2, 0.25) is 5.91 Å². The Hall–Kier alpha value is -0.610. The van der Waals surface area contributed by atoms with Gasteiger partial charge in [0, 0.05) is 45.6 Å². The Labute approximate surface area is 72.6 Å². The van der Waals surface area contributed by atoms with Crippen LogP contribution in [0.25, 0.3) is 0 Å². The average Bonchev–Trinajstić information content (AvgIpc) is 2.28. The summed E-state index contributed by atoms with van der Waals surface area (Å²) in [5.41, 5.74) is 0. The molecular weight excluding hydrogens is 156 g/mol. The number of amides is 1. The zero-order valence-electron chi connectivity index (χ0n) is 7.42. The number of aliphatic hydroxyl groups is 1. The summed E-state index contributed by atoms with van der Waals surface area (Å²) in [7, 11) is 0. The van der Waals surface area contributed by atoms with Crippen LogP contribution in [0.3, 0.4) is 0 Å². The third kappa shape index (κ3) is 2.46. The average molecular weight is 172 g/mol. The molecule has 4 nitrogen and oxygen atoms in total. The van der Waals surface area contributed by atoms with Crippen molar-refractivity contribution in [3.05, 3.63) is 0 Å². The third-order valence-corrected chi connectivity index (χ3v) is 2.17. The summed E-state index contributed by atoms with van der Waals surface area (Å²) in [4.78, 5) is 12.8. The van der Waals surface area contributed by atoms with Gasteiger partial charge in [-0.05, 0) is 0 Å². The largest absolute Gasteiger partial charge is 0.396 e. The summed E-state index contributed by atoms with van der Waals surface area (Å²) in [5.74, 6) is 0.286. The van der Waals surface area contributed by atoms with Crippen molar-refractivity contribution in [3.63, 3.8) is 0 Å².